The van der Waals surface area contributed by atoms with Crippen molar-refractivity contribution in [2.45, 2.75) is 25.3 Å². The molecule has 1 aliphatic carbocycles. The molecule has 122 valence electrons. The number of rotatable bonds is 6. The molecule has 0 saturated heterocycles. The van der Waals surface area contributed by atoms with Gasteiger partial charge in [0.05, 0.1) is 5.69 Å². The first-order chi connectivity index (χ1) is 11.8. The molecule has 8 heteroatoms. The third-order valence-corrected chi connectivity index (χ3v) is 4.05. The van der Waals surface area contributed by atoms with Crippen LogP contribution in [0.2, 0.25) is 0 Å². The first-order valence-corrected chi connectivity index (χ1v) is 7.94. The largest absolute Gasteiger partial charge is 0.350 e. The van der Waals surface area contributed by atoms with Crippen molar-refractivity contribution in [3.8, 4) is 5.69 Å². The summed E-state index contributed by atoms with van der Waals surface area (Å²) >= 11 is 0. The maximum absolute atomic E-state index is 12.3. The van der Waals surface area contributed by atoms with Crippen molar-refractivity contribution in [1.29, 1.82) is 0 Å². The van der Waals surface area contributed by atoms with Crippen LogP contribution in [0.1, 0.15) is 34.9 Å². The number of carbonyl (C=O) groups excluding carboxylic acids is 1. The minimum atomic E-state index is -0.113. The number of amides is 1. The number of aromatic nitrogens is 6. The van der Waals surface area contributed by atoms with Crippen LogP contribution in [0.3, 0.4) is 0 Å². The Bertz CT molecular complexity index is 836. The SMILES string of the molecule is O=C(NCCn1ccnc1C1CC1)c1cccc(-n2cnnn2)c1. The second kappa shape index (κ2) is 6.23. The number of benzene rings is 1. The molecule has 0 spiro atoms. The molecule has 0 bridgehead atoms. The number of hydrogen-bond donors (Lipinski definition) is 1. The average Bonchev–Trinajstić information content (AvgIpc) is 3.12. The first kappa shape index (κ1) is 14.6. The van der Waals surface area contributed by atoms with E-state index in [4.69, 9.17) is 0 Å². The Labute approximate surface area is 138 Å². The van der Waals surface area contributed by atoms with E-state index in [1.807, 2.05) is 24.5 Å². The molecule has 4 rings (SSSR count). The Balaban J connectivity index is 1.38. The van der Waals surface area contributed by atoms with Gasteiger partial charge in [-0.2, -0.15) is 0 Å². The van der Waals surface area contributed by atoms with E-state index >= 15 is 0 Å². The van der Waals surface area contributed by atoms with Crippen molar-refractivity contribution in [2.75, 3.05) is 6.54 Å². The van der Waals surface area contributed by atoms with Crippen LogP contribution in [0.25, 0.3) is 5.69 Å². The zero-order chi connectivity index (χ0) is 16.4. The third-order valence-electron chi connectivity index (χ3n) is 4.05. The number of hydrogen-bond acceptors (Lipinski definition) is 5. The van der Waals surface area contributed by atoms with Gasteiger partial charge in [-0.15, -0.1) is 5.10 Å². The summed E-state index contributed by atoms with van der Waals surface area (Å²) in [7, 11) is 0. The lowest BCUT2D eigenvalue weighted by atomic mass is 10.2. The van der Waals surface area contributed by atoms with Crippen LogP contribution >= 0.6 is 0 Å². The van der Waals surface area contributed by atoms with Crippen molar-refractivity contribution in [3.63, 3.8) is 0 Å². The molecule has 0 unspecified atom stereocenters. The molecular formula is C16H17N7O. The third kappa shape index (κ3) is 3.03. The highest BCUT2D eigenvalue weighted by Crippen LogP contribution is 2.38. The Morgan fingerprint density at radius 3 is 3.04 bits per heavy atom. The smallest absolute Gasteiger partial charge is 0.251 e. The van der Waals surface area contributed by atoms with Gasteiger partial charge in [-0.3, -0.25) is 4.79 Å². The van der Waals surface area contributed by atoms with Crippen LogP contribution in [0, 0.1) is 0 Å². The van der Waals surface area contributed by atoms with E-state index < -0.39 is 0 Å². The van der Waals surface area contributed by atoms with E-state index in [-0.39, 0.29) is 5.91 Å². The highest BCUT2D eigenvalue weighted by Gasteiger charge is 2.27. The highest BCUT2D eigenvalue weighted by molar-refractivity contribution is 5.94. The quantitative estimate of drug-likeness (QED) is 0.735. The standard InChI is InChI=1S/C16H17N7O/c24-16(13-2-1-3-14(10-13)23-11-19-20-21-23)18-7-9-22-8-6-17-15(22)12-4-5-12/h1-3,6,8,10-12H,4-5,7,9H2,(H,18,24). The van der Waals surface area contributed by atoms with Crippen molar-refractivity contribution >= 4 is 5.91 Å². The monoisotopic (exact) mass is 323 g/mol. The van der Waals surface area contributed by atoms with E-state index in [2.05, 4.69) is 30.4 Å². The highest BCUT2D eigenvalue weighted by atomic mass is 16.1. The van der Waals surface area contributed by atoms with Gasteiger partial charge in [-0.05, 0) is 41.5 Å². The zero-order valence-corrected chi connectivity index (χ0v) is 13.0. The Morgan fingerprint density at radius 2 is 2.25 bits per heavy atom. The molecule has 3 aromatic rings. The molecule has 2 aromatic heterocycles. The average molecular weight is 323 g/mol. The van der Waals surface area contributed by atoms with Gasteiger partial charge in [0.15, 0.2) is 0 Å². The van der Waals surface area contributed by atoms with Crippen molar-refractivity contribution in [3.05, 3.63) is 54.4 Å². The van der Waals surface area contributed by atoms with Gasteiger partial charge in [-0.1, -0.05) is 6.07 Å². The molecule has 24 heavy (non-hydrogen) atoms. The summed E-state index contributed by atoms with van der Waals surface area (Å²) in [5.41, 5.74) is 1.33. The lowest BCUT2D eigenvalue weighted by Gasteiger charge is -2.09. The molecule has 1 amide bonds. The normalized spacial score (nSPS) is 13.8. The molecule has 8 nitrogen and oxygen atoms in total. The summed E-state index contributed by atoms with van der Waals surface area (Å²) in [6, 6.07) is 7.20. The molecule has 1 N–H and O–H groups in total. The second-order valence-electron chi connectivity index (χ2n) is 5.81. The first-order valence-electron chi connectivity index (χ1n) is 7.94. The van der Waals surface area contributed by atoms with E-state index in [0.29, 0.717) is 18.0 Å². The van der Waals surface area contributed by atoms with E-state index in [9.17, 15) is 4.79 Å². The summed E-state index contributed by atoms with van der Waals surface area (Å²) in [5.74, 6) is 1.62. The van der Waals surface area contributed by atoms with Crippen LogP contribution < -0.4 is 5.32 Å². The van der Waals surface area contributed by atoms with Gasteiger partial charge in [-0.25, -0.2) is 9.67 Å². The number of nitrogens with one attached hydrogen (secondary N) is 1. The summed E-state index contributed by atoms with van der Waals surface area (Å²) in [6.07, 6.45) is 7.72. The Kier molecular flexibility index (Phi) is 3.78. The summed E-state index contributed by atoms with van der Waals surface area (Å²) in [4.78, 5) is 16.7. The summed E-state index contributed by atoms with van der Waals surface area (Å²) in [5, 5.41) is 14.0. The molecule has 1 aromatic carbocycles. The number of nitrogens with zero attached hydrogens (tertiary/aromatic N) is 6. The van der Waals surface area contributed by atoms with Gasteiger partial charge in [0, 0.05) is 37.0 Å². The van der Waals surface area contributed by atoms with Gasteiger partial charge in [0.2, 0.25) is 0 Å². The molecule has 1 fully saturated rings. The fraction of sp³-hybridized carbons (Fsp3) is 0.312. The Morgan fingerprint density at radius 1 is 1.33 bits per heavy atom. The molecule has 0 radical (unpaired) electrons. The van der Waals surface area contributed by atoms with E-state index in [1.54, 1.807) is 12.1 Å². The van der Waals surface area contributed by atoms with E-state index in [0.717, 1.165) is 18.1 Å². The van der Waals surface area contributed by atoms with Crippen molar-refractivity contribution in [1.82, 2.24) is 35.1 Å². The fourth-order valence-electron chi connectivity index (χ4n) is 2.67. The summed E-state index contributed by atoms with van der Waals surface area (Å²) in [6.45, 7) is 1.29. The van der Waals surface area contributed by atoms with E-state index in [1.165, 1.54) is 23.9 Å². The van der Waals surface area contributed by atoms with Gasteiger partial charge in [0.25, 0.3) is 5.91 Å². The van der Waals surface area contributed by atoms with Gasteiger partial charge in [0.1, 0.15) is 12.2 Å². The topological polar surface area (TPSA) is 90.5 Å². The lowest BCUT2D eigenvalue weighted by Crippen LogP contribution is -2.27. The minimum absolute atomic E-state index is 0.113. The second-order valence-corrected chi connectivity index (χ2v) is 5.81. The number of carbonyl (C=O) groups is 1. The molecular weight excluding hydrogens is 306 g/mol. The fourth-order valence-corrected chi connectivity index (χ4v) is 2.67. The van der Waals surface area contributed by atoms with Gasteiger partial charge >= 0.3 is 0 Å². The molecule has 2 heterocycles. The molecule has 0 atom stereocenters. The molecule has 1 saturated carbocycles. The maximum atomic E-state index is 12.3. The van der Waals surface area contributed by atoms with Crippen LogP contribution in [0.4, 0.5) is 0 Å². The predicted molar refractivity (Wildman–Crippen MR) is 85.7 cm³/mol. The minimum Gasteiger partial charge on any atom is -0.350 e. The Hall–Kier alpha value is -3.03. The number of tetrazole rings is 1. The van der Waals surface area contributed by atoms with Gasteiger partial charge < -0.3 is 9.88 Å². The summed E-state index contributed by atoms with van der Waals surface area (Å²) < 4.78 is 3.64. The predicted octanol–water partition coefficient (Wildman–Crippen LogP) is 1.17. The molecule has 1 aliphatic rings. The number of imidazole rings is 1. The zero-order valence-electron chi connectivity index (χ0n) is 13.0. The molecule has 0 aliphatic heterocycles. The van der Waals surface area contributed by atoms with Crippen LogP contribution in [-0.4, -0.2) is 42.2 Å². The van der Waals surface area contributed by atoms with Crippen molar-refractivity contribution in [2.24, 2.45) is 0 Å². The van der Waals surface area contributed by atoms with Crippen LogP contribution in [0.15, 0.2) is 43.0 Å². The lowest BCUT2D eigenvalue weighted by molar-refractivity contribution is 0.0952. The van der Waals surface area contributed by atoms with Crippen molar-refractivity contribution < 1.29 is 4.79 Å². The maximum Gasteiger partial charge on any atom is 0.251 e. The van der Waals surface area contributed by atoms with Crippen LogP contribution in [0.5, 0.6) is 0 Å². The van der Waals surface area contributed by atoms with Crippen LogP contribution in [-0.2, 0) is 6.54 Å².